The van der Waals surface area contributed by atoms with Crippen LogP contribution in [-0.2, 0) is 6.54 Å². The summed E-state index contributed by atoms with van der Waals surface area (Å²) in [5.74, 6) is 0. The first kappa shape index (κ1) is 17.9. The van der Waals surface area contributed by atoms with Gasteiger partial charge in [-0.25, -0.2) is 4.98 Å². The smallest absolute Gasteiger partial charge is 0.258 e. The van der Waals surface area contributed by atoms with E-state index in [9.17, 15) is 10.1 Å². The van der Waals surface area contributed by atoms with Gasteiger partial charge in [-0.2, -0.15) is 4.57 Å². The van der Waals surface area contributed by atoms with Gasteiger partial charge in [0.15, 0.2) is 12.7 Å². The minimum absolute atomic E-state index is 0.0997. The van der Waals surface area contributed by atoms with Gasteiger partial charge in [0.05, 0.1) is 21.7 Å². The Morgan fingerprint density at radius 3 is 2.37 bits per heavy atom. The van der Waals surface area contributed by atoms with Crippen LogP contribution in [0.1, 0.15) is 5.56 Å². The first-order chi connectivity index (χ1) is 14.7. The highest BCUT2D eigenvalue weighted by Crippen LogP contribution is 2.23. The Morgan fingerprint density at radius 1 is 0.833 bits per heavy atom. The standard InChI is InChI=1S/C25H18N3O2/c29-28(30)22-12-9-18(10-13-22)16-27-17-21(15-20-6-2-4-8-25(20)27)24-14-11-19-5-1-3-7-23(19)26-24/h1-15,17H,16H2/q+1. The molecule has 0 aliphatic carbocycles. The second-order valence-electron chi connectivity index (χ2n) is 7.23. The molecule has 5 aromatic rings. The molecule has 0 amide bonds. The third-order valence-corrected chi connectivity index (χ3v) is 5.25. The Balaban J connectivity index is 1.61. The summed E-state index contributed by atoms with van der Waals surface area (Å²) in [6, 6.07) is 29.3. The molecule has 5 rings (SSSR count). The van der Waals surface area contributed by atoms with Crippen molar-refractivity contribution in [3.05, 3.63) is 113 Å². The monoisotopic (exact) mass is 392 g/mol. The number of fused-ring (bicyclic) bond motifs is 2. The lowest BCUT2D eigenvalue weighted by atomic mass is 10.1. The van der Waals surface area contributed by atoms with Crippen molar-refractivity contribution in [1.29, 1.82) is 0 Å². The van der Waals surface area contributed by atoms with E-state index in [-0.39, 0.29) is 10.6 Å². The molecular weight excluding hydrogens is 374 g/mol. The summed E-state index contributed by atoms with van der Waals surface area (Å²) < 4.78 is 2.17. The summed E-state index contributed by atoms with van der Waals surface area (Å²) in [7, 11) is 0. The number of hydrogen-bond donors (Lipinski definition) is 0. The van der Waals surface area contributed by atoms with Crippen molar-refractivity contribution in [3.8, 4) is 11.3 Å². The van der Waals surface area contributed by atoms with Gasteiger partial charge in [0.2, 0.25) is 5.52 Å². The molecule has 0 bridgehead atoms. The van der Waals surface area contributed by atoms with E-state index in [2.05, 4.69) is 41.1 Å². The molecule has 0 unspecified atom stereocenters. The van der Waals surface area contributed by atoms with Gasteiger partial charge in [0.1, 0.15) is 0 Å². The summed E-state index contributed by atoms with van der Waals surface area (Å²) in [4.78, 5) is 15.4. The SMILES string of the molecule is O=[N+]([O-])c1ccc(C[n+]2cc(-c3ccc4ccccc4n3)cc3ccccc32)cc1. The predicted octanol–water partition coefficient (Wildman–Crippen LogP) is 5.30. The Labute approximate surface area is 173 Å². The highest BCUT2D eigenvalue weighted by Gasteiger charge is 2.15. The largest absolute Gasteiger partial charge is 0.269 e. The van der Waals surface area contributed by atoms with Crippen LogP contribution in [0.15, 0.2) is 97.2 Å². The molecule has 0 fully saturated rings. The second-order valence-corrected chi connectivity index (χ2v) is 7.23. The topological polar surface area (TPSA) is 59.9 Å². The fourth-order valence-electron chi connectivity index (χ4n) is 3.73. The fraction of sp³-hybridized carbons (Fsp3) is 0.0400. The molecule has 3 aromatic carbocycles. The highest BCUT2D eigenvalue weighted by molar-refractivity contribution is 5.84. The van der Waals surface area contributed by atoms with E-state index in [0.717, 1.165) is 38.6 Å². The number of nitro benzene ring substituents is 1. The molecule has 0 spiro atoms. The number of nitrogens with zero attached hydrogens (tertiary/aromatic N) is 3. The number of aromatic nitrogens is 2. The van der Waals surface area contributed by atoms with Crippen LogP contribution >= 0.6 is 0 Å². The van der Waals surface area contributed by atoms with Crippen molar-refractivity contribution in [3.63, 3.8) is 0 Å². The lowest BCUT2D eigenvalue weighted by molar-refractivity contribution is -0.661. The zero-order valence-corrected chi connectivity index (χ0v) is 16.1. The molecule has 30 heavy (non-hydrogen) atoms. The zero-order chi connectivity index (χ0) is 20.5. The number of rotatable bonds is 4. The minimum Gasteiger partial charge on any atom is -0.258 e. The van der Waals surface area contributed by atoms with Crippen molar-refractivity contribution in [1.82, 2.24) is 4.98 Å². The van der Waals surface area contributed by atoms with Crippen molar-refractivity contribution < 1.29 is 9.49 Å². The predicted molar refractivity (Wildman–Crippen MR) is 117 cm³/mol. The third-order valence-electron chi connectivity index (χ3n) is 5.25. The number of para-hydroxylation sites is 2. The number of non-ortho nitro benzene ring substituents is 1. The van der Waals surface area contributed by atoms with E-state index in [1.807, 2.05) is 36.4 Å². The fourth-order valence-corrected chi connectivity index (χ4v) is 3.73. The molecular formula is C25H18N3O2+. The number of nitro groups is 1. The van der Waals surface area contributed by atoms with Crippen molar-refractivity contribution in [2.24, 2.45) is 0 Å². The van der Waals surface area contributed by atoms with E-state index < -0.39 is 0 Å². The van der Waals surface area contributed by atoms with Crippen LogP contribution in [0.5, 0.6) is 0 Å². The third kappa shape index (κ3) is 3.37. The van der Waals surface area contributed by atoms with Crippen molar-refractivity contribution in [2.45, 2.75) is 6.54 Å². The first-order valence-corrected chi connectivity index (χ1v) is 9.69. The van der Waals surface area contributed by atoms with Crippen LogP contribution in [0, 0.1) is 10.1 Å². The van der Waals surface area contributed by atoms with Gasteiger partial charge < -0.3 is 0 Å². The van der Waals surface area contributed by atoms with Crippen molar-refractivity contribution >= 4 is 27.5 Å². The first-order valence-electron chi connectivity index (χ1n) is 9.69. The van der Waals surface area contributed by atoms with Crippen LogP contribution < -0.4 is 4.57 Å². The summed E-state index contributed by atoms with van der Waals surface area (Å²) in [5, 5.41) is 13.2. The Kier molecular flexibility index (Phi) is 4.41. The zero-order valence-electron chi connectivity index (χ0n) is 16.1. The number of benzene rings is 3. The maximum Gasteiger partial charge on any atom is 0.269 e. The van der Waals surface area contributed by atoms with Crippen LogP contribution in [0.4, 0.5) is 5.69 Å². The molecule has 0 atom stereocenters. The average Bonchev–Trinajstić information content (AvgIpc) is 2.79. The van der Waals surface area contributed by atoms with E-state index in [1.165, 1.54) is 0 Å². The van der Waals surface area contributed by atoms with E-state index >= 15 is 0 Å². The molecule has 0 saturated heterocycles. The van der Waals surface area contributed by atoms with Gasteiger partial charge in [-0.3, -0.25) is 10.1 Å². The maximum absolute atomic E-state index is 10.9. The van der Waals surface area contributed by atoms with E-state index in [0.29, 0.717) is 6.54 Å². The number of hydrogen-bond acceptors (Lipinski definition) is 3. The maximum atomic E-state index is 10.9. The second kappa shape index (κ2) is 7.37. The molecule has 0 saturated carbocycles. The molecule has 144 valence electrons. The summed E-state index contributed by atoms with van der Waals surface area (Å²) >= 11 is 0. The minimum atomic E-state index is -0.377. The van der Waals surface area contributed by atoms with Crippen LogP contribution in [0.2, 0.25) is 0 Å². The quantitative estimate of drug-likeness (QED) is 0.237. The van der Waals surface area contributed by atoms with Crippen molar-refractivity contribution in [2.75, 3.05) is 0 Å². The van der Waals surface area contributed by atoms with Gasteiger partial charge in [-0.05, 0) is 36.4 Å². The van der Waals surface area contributed by atoms with E-state index in [4.69, 9.17) is 4.98 Å². The molecule has 0 N–H and O–H groups in total. The normalized spacial score (nSPS) is 11.1. The lowest BCUT2D eigenvalue weighted by Crippen LogP contribution is -2.35. The molecule has 2 heterocycles. The average molecular weight is 392 g/mol. The van der Waals surface area contributed by atoms with Crippen LogP contribution in [-0.4, -0.2) is 9.91 Å². The Hall–Kier alpha value is -4.12. The van der Waals surface area contributed by atoms with Gasteiger partial charge in [-0.1, -0.05) is 36.4 Å². The summed E-state index contributed by atoms with van der Waals surface area (Å²) in [6.07, 6.45) is 2.10. The summed E-state index contributed by atoms with van der Waals surface area (Å²) in [5.41, 5.74) is 5.10. The van der Waals surface area contributed by atoms with Gasteiger partial charge in [0, 0.05) is 34.5 Å². The van der Waals surface area contributed by atoms with Gasteiger partial charge in [-0.15, -0.1) is 0 Å². The van der Waals surface area contributed by atoms with Crippen LogP contribution in [0.25, 0.3) is 33.1 Å². The number of pyridine rings is 2. The molecule has 2 aromatic heterocycles. The Bertz CT molecular complexity index is 1400. The van der Waals surface area contributed by atoms with Crippen LogP contribution in [0.3, 0.4) is 0 Å². The molecule has 5 nitrogen and oxygen atoms in total. The molecule has 0 aliphatic rings. The molecule has 5 heteroatoms. The highest BCUT2D eigenvalue weighted by atomic mass is 16.6. The Morgan fingerprint density at radius 2 is 1.57 bits per heavy atom. The lowest BCUT2D eigenvalue weighted by Gasteiger charge is -2.07. The summed E-state index contributed by atoms with van der Waals surface area (Å²) in [6.45, 7) is 0.611. The molecule has 0 aliphatic heterocycles. The van der Waals surface area contributed by atoms with Gasteiger partial charge >= 0.3 is 0 Å². The molecule has 0 radical (unpaired) electrons. The van der Waals surface area contributed by atoms with E-state index in [1.54, 1.807) is 24.3 Å². The van der Waals surface area contributed by atoms with Gasteiger partial charge in [0.25, 0.3) is 5.69 Å².